The third kappa shape index (κ3) is 4.80. The number of carbonyl (C=O) groups excluding carboxylic acids is 2. The molecule has 0 bridgehead atoms. The normalized spacial score (nSPS) is 18.9. The van der Waals surface area contributed by atoms with Crippen molar-refractivity contribution in [2.24, 2.45) is 0 Å². The van der Waals surface area contributed by atoms with Gasteiger partial charge in [-0.05, 0) is 39.0 Å². The van der Waals surface area contributed by atoms with Crippen molar-refractivity contribution in [1.29, 1.82) is 0 Å². The van der Waals surface area contributed by atoms with E-state index in [2.05, 4.69) is 13.8 Å². The largest absolute Gasteiger partial charge is 0.334 e. The summed E-state index contributed by atoms with van der Waals surface area (Å²) >= 11 is 0. The number of nitrogens with zero attached hydrogens (tertiary/aromatic N) is 2. The van der Waals surface area contributed by atoms with E-state index in [4.69, 9.17) is 0 Å². The predicted octanol–water partition coefficient (Wildman–Crippen LogP) is 2.82. The molecule has 1 unspecified atom stereocenters. The number of rotatable bonds is 6. The lowest BCUT2D eigenvalue weighted by atomic mass is 10.0. The van der Waals surface area contributed by atoms with Gasteiger partial charge in [-0.2, -0.15) is 0 Å². The number of amides is 2. The highest BCUT2D eigenvalue weighted by molar-refractivity contribution is 6.35. The molecule has 1 aliphatic rings. The van der Waals surface area contributed by atoms with Gasteiger partial charge in [0.25, 0.3) is 0 Å². The summed E-state index contributed by atoms with van der Waals surface area (Å²) in [6.45, 7) is 8.43. The number of likely N-dealkylation sites (tertiary alicyclic amines) is 1. The zero-order valence-corrected chi connectivity index (χ0v) is 13.4. The fraction of sp³-hybridized carbons (Fsp3) is 0.875. The second-order valence-corrected chi connectivity index (χ2v) is 5.84. The Morgan fingerprint density at radius 3 is 2.20 bits per heavy atom. The molecule has 0 N–H and O–H groups in total. The standard InChI is InChI=1S/C16H30N2O2/c1-4-6-11-17(12-7-5-2)15(19)16(20)18-13-9-8-10-14(18)3/h14H,4-13H2,1-3H3. The van der Waals surface area contributed by atoms with E-state index in [1.54, 1.807) is 9.80 Å². The summed E-state index contributed by atoms with van der Waals surface area (Å²) in [4.78, 5) is 28.4. The first-order valence-corrected chi connectivity index (χ1v) is 8.21. The fourth-order valence-electron chi connectivity index (χ4n) is 2.67. The summed E-state index contributed by atoms with van der Waals surface area (Å²) in [7, 11) is 0. The number of piperidine rings is 1. The van der Waals surface area contributed by atoms with Crippen LogP contribution in [0.5, 0.6) is 0 Å². The Balaban J connectivity index is 2.63. The van der Waals surface area contributed by atoms with Crippen molar-refractivity contribution in [2.45, 2.75) is 71.8 Å². The minimum Gasteiger partial charge on any atom is -0.334 e. The molecule has 20 heavy (non-hydrogen) atoms. The van der Waals surface area contributed by atoms with E-state index in [-0.39, 0.29) is 17.9 Å². The van der Waals surface area contributed by atoms with Gasteiger partial charge in [-0.3, -0.25) is 9.59 Å². The van der Waals surface area contributed by atoms with E-state index < -0.39 is 0 Å². The maximum Gasteiger partial charge on any atom is 0.312 e. The first kappa shape index (κ1) is 17.0. The van der Waals surface area contributed by atoms with Crippen LogP contribution in [-0.4, -0.2) is 47.3 Å². The number of hydrogen-bond donors (Lipinski definition) is 0. The lowest BCUT2D eigenvalue weighted by Crippen LogP contribution is -2.50. The van der Waals surface area contributed by atoms with Crippen LogP contribution in [0, 0.1) is 0 Å². The molecule has 0 aromatic heterocycles. The smallest absolute Gasteiger partial charge is 0.312 e. The van der Waals surface area contributed by atoms with Gasteiger partial charge < -0.3 is 9.80 Å². The van der Waals surface area contributed by atoms with Crippen LogP contribution in [-0.2, 0) is 9.59 Å². The van der Waals surface area contributed by atoms with E-state index in [1.165, 1.54) is 0 Å². The van der Waals surface area contributed by atoms with Crippen LogP contribution in [0.1, 0.15) is 65.7 Å². The fourth-order valence-corrected chi connectivity index (χ4v) is 2.67. The van der Waals surface area contributed by atoms with Crippen LogP contribution in [0.15, 0.2) is 0 Å². The van der Waals surface area contributed by atoms with Crippen molar-refractivity contribution in [3.63, 3.8) is 0 Å². The minimum absolute atomic E-state index is 0.208. The highest BCUT2D eigenvalue weighted by atomic mass is 16.2. The zero-order valence-electron chi connectivity index (χ0n) is 13.4. The molecule has 0 aliphatic carbocycles. The molecule has 1 aliphatic heterocycles. The molecule has 4 nitrogen and oxygen atoms in total. The van der Waals surface area contributed by atoms with Gasteiger partial charge >= 0.3 is 11.8 Å². The molecule has 1 heterocycles. The van der Waals surface area contributed by atoms with Crippen molar-refractivity contribution >= 4 is 11.8 Å². The second kappa shape index (κ2) is 8.98. The van der Waals surface area contributed by atoms with Crippen LogP contribution in [0.4, 0.5) is 0 Å². The Hall–Kier alpha value is -1.06. The summed E-state index contributed by atoms with van der Waals surface area (Å²) in [6.07, 6.45) is 7.23. The van der Waals surface area contributed by atoms with Crippen LogP contribution < -0.4 is 0 Å². The summed E-state index contributed by atoms with van der Waals surface area (Å²) in [5, 5.41) is 0. The van der Waals surface area contributed by atoms with E-state index in [0.717, 1.165) is 51.5 Å². The second-order valence-electron chi connectivity index (χ2n) is 5.84. The molecule has 0 aromatic rings. The van der Waals surface area contributed by atoms with E-state index >= 15 is 0 Å². The van der Waals surface area contributed by atoms with Crippen LogP contribution in [0.3, 0.4) is 0 Å². The van der Waals surface area contributed by atoms with Crippen LogP contribution in [0.25, 0.3) is 0 Å². The Kier molecular flexibility index (Phi) is 7.63. The van der Waals surface area contributed by atoms with Crippen LogP contribution >= 0.6 is 0 Å². The summed E-state index contributed by atoms with van der Waals surface area (Å²) in [6, 6.07) is 0.208. The molecule has 2 amide bonds. The van der Waals surface area contributed by atoms with Gasteiger partial charge in [-0.15, -0.1) is 0 Å². The van der Waals surface area contributed by atoms with Crippen molar-refractivity contribution in [3.8, 4) is 0 Å². The molecule has 0 saturated carbocycles. The predicted molar refractivity (Wildman–Crippen MR) is 81.4 cm³/mol. The Morgan fingerprint density at radius 1 is 1.10 bits per heavy atom. The minimum atomic E-state index is -0.291. The monoisotopic (exact) mass is 282 g/mol. The lowest BCUT2D eigenvalue weighted by molar-refractivity contribution is -0.153. The topological polar surface area (TPSA) is 40.6 Å². The quantitative estimate of drug-likeness (QED) is 0.703. The molecule has 1 rings (SSSR count). The van der Waals surface area contributed by atoms with E-state index in [9.17, 15) is 9.59 Å². The zero-order chi connectivity index (χ0) is 15.0. The highest BCUT2D eigenvalue weighted by Gasteiger charge is 2.30. The molecule has 116 valence electrons. The third-order valence-corrected chi connectivity index (χ3v) is 4.10. The Labute approximate surface area is 123 Å². The number of hydrogen-bond acceptors (Lipinski definition) is 2. The van der Waals surface area contributed by atoms with Gasteiger partial charge in [0.15, 0.2) is 0 Å². The average molecular weight is 282 g/mol. The molecular formula is C16H30N2O2. The molecule has 1 saturated heterocycles. The SMILES string of the molecule is CCCCN(CCCC)C(=O)C(=O)N1CCCCC1C. The lowest BCUT2D eigenvalue weighted by Gasteiger charge is -2.34. The molecular weight excluding hydrogens is 252 g/mol. The average Bonchev–Trinajstić information content (AvgIpc) is 2.46. The van der Waals surface area contributed by atoms with Gasteiger partial charge in [-0.1, -0.05) is 26.7 Å². The first-order valence-electron chi connectivity index (χ1n) is 8.21. The van der Waals surface area contributed by atoms with Crippen molar-refractivity contribution in [1.82, 2.24) is 9.80 Å². The van der Waals surface area contributed by atoms with Gasteiger partial charge in [0.2, 0.25) is 0 Å². The number of unbranched alkanes of at least 4 members (excludes halogenated alkanes) is 2. The third-order valence-electron chi connectivity index (χ3n) is 4.10. The maximum absolute atomic E-state index is 12.4. The summed E-state index contributed by atoms with van der Waals surface area (Å²) in [5.74, 6) is -0.579. The highest BCUT2D eigenvalue weighted by Crippen LogP contribution is 2.17. The Morgan fingerprint density at radius 2 is 1.70 bits per heavy atom. The van der Waals surface area contributed by atoms with Gasteiger partial charge in [0.1, 0.15) is 0 Å². The number of carbonyl (C=O) groups is 2. The maximum atomic E-state index is 12.4. The van der Waals surface area contributed by atoms with Gasteiger partial charge in [-0.25, -0.2) is 0 Å². The summed E-state index contributed by atoms with van der Waals surface area (Å²) < 4.78 is 0. The Bertz CT molecular complexity index is 310. The molecule has 0 radical (unpaired) electrons. The van der Waals surface area contributed by atoms with E-state index in [1.807, 2.05) is 6.92 Å². The van der Waals surface area contributed by atoms with Crippen LogP contribution in [0.2, 0.25) is 0 Å². The molecule has 0 spiro atoms. The van der Waals surface area contributed by atoms with Gasteiger partial charge in [0, 0.05) is 25.7 Å². The first-order chi connectivity index (χ1) is 9.61. The van der Waals surface area contributed by atoms with Crippen molar-refractivity contribution < 1.29 is 9.59 Å². The molecule has 1 atom stereocenters. The van der Waals surface area contributed by atoms with Crippen molar-refractivity contribution in [3.05, 3.63) is 0 Å². The van der Waals surface area contributed by atoms with Crippen molar-refractivity contribution in [2.75, 3.05) is 19.6 Å². The van der Waals surface area contributed by atoms with E-state index in [0.29, 0.717) is 13.1 Å². The molecule has 4 heteroatoms. The van der Waals surface area contributed by atoms with Gasteiger partial charge in [0.05, 0.1) is 0 Å². The summed E-state index contributed by atoms with van der Waals surface area (Å²) in [5.41, 5.74) is 0. The molecule has 1 fully saturated rings. The molecule has 0 aromatic carbocycles.